The van der Waals surface area contributed by atoms with Gasteiger partial charge in [-0.15, -0.1) is 0 Å². The van der Waals surface area contributed by atoms with Crippen LogP contribution in [0, 0.1) is 6.92 Å². The van der Waals surface area contributed by atoms with Crippen molar-refractivity contribution in [2.24, 2.45) is 0 Å². The van der Waals surface area contributed by atoms with Crippen LogP contribution in [0.15, 0.2) is 34.8 Å². The molecular formula is C14H13O4-. The number of carboxylic acid groups (broad SMARTS) is 1. The zero-order chi connectivity index (χ0) is 13.3. The van der Waals surface area contributed by atoms with Crippen LogP contribution in [0.3, 0.4) is 0 Å². The number of hydrogen-bond acceptors (Lipinski definition) is 4. The number of furan rings is 1. The van der Waals surface area contributed by atoms with E-state index in [1.165, 1.54) is 0 Å². The van der Waals surface area contributed by atoms with Crippen LogP contribution in [0.1, 0.15) is 23.0 Å². The number of carbonyl (C=O) groups excluding carboxylic acids is 1. The first-order valence-corrected chi connectivity index (χ1v) is 5.50. The molecule has 0 spiro atoms. The molecule has 0 aliphatic rings. The zero-order valence-electron chi connectivity index (χ0n) is 10.3. The minimum atomic E-state index is -1.25. The summed E-state index contributed by atoms with van der Waals surface area (Å²) < 4.78 is 10.8. The Morgan fingerprint density at radius 3 is 2.83 bits per heavy atom. The third-order valence-corrected chi connectivity index (χ3v) is 2.52. The Balaban J connectivity index is 2.45. The van der Waals surface area contributed by atoms with Gasteiger partial charge in [0.1, 0.15) is 23.7 Å². The molecule has 1 heterocycles. The van der Waals surface area contributed by atoms with E-state index >= 15 is 0 Å². The molecule has 4 nitrogen and oxygen atoms in total. The van der Waals surface area contributed by atoms with Gasteiger partial charge in [-0.1, -0.05) is 6.58 Å². The number of benzene rings is 1. The highest BCUT2D eigenvalue weighted by Gasteiger charge is 2.12. The maximum atomic E-state index is 11.0. The molecule has 18 heavy (non-hydrogen) atoms. The fraction of sp³-hybridized carbons (Fsp3) is 0.214. The third kappa shape index (κ3) is 2.22. The van der Waals surface area contributed by atoms with Crippen LogP contribution in [0.2, 0.25) is 0 Å². The lowest BCUT2D eigenvalue weighted by molar-refractivity contribution is -0.254. The Morgan fingerprint density at radius 2 is 2.22 bits per heavy atom. The van der Waals surface area contributed by atoms with E-state index in [2.05, 4.69) is 6.58 Å². The van der Waals surface area contributed by atoms with E-state index in [1.807, 2.05) is 6.92 Å². The van der Waals surface area contributed by atoms with E-state index in [-0.39, 0.29) is 5.56 Å². The summed E-state index contributed by atoms with van der Waals surface area (Å²) in [6, 6.07) is 5.05. The van der Waals surface area contributed by atoms with Crippen molar-refractivity contribution >= 4 is 16.9 Å². The molecule has 0 atom stereocenters. The SMILES string of the molecule is C=C(C)COc1ccc2oc(C)c(C(=O)[O-])c2c1. The molecule has 0 N–H and O–H groups in total. The molecule has 1 aromatic heterocycles. The Kier molecular flexibility index (Phi) is 3.10. The highest BCUT2D eigenvalue weighted by molar-refractivity contribution is 6.03. The smallest absolute Gasteiger partial charge is 0.135 e. The van der Waals surface area contributed by atoms with Gasteiger partial charge < -0.3 is 19.1 Å². The van der Waals surface area contributed by atoms with Gasteiger partial charge >= 0.3 is 0 Å². The summed E-state index contributed by atoms with van der Waals surface area (Å²) >= 11 is 0. The number of hydrogen-bond donors (Lipinski definition) is 0. The maximum absolute atomic E-state index is 11.0. The molecule has 0 saturated carbocycles. The van der Waals surface area contributed by atoms with Crippen LogP contribution in [0.5, 0.6) is 5.75 Å². The van der Waals surface area contributed by atoms with Crippen LogP contribution in [-0.4, -0.2) is 12.6 Å². The topological polar surface area (TPSA) is 62.5 Å². The molecule has 0 unspecified atom stereocenters. The first-order valence-electron chi connectivity index (χ1n) is 5.50. The second kappa shape index (κ2) is 4.56. The van der Waals surface area contributed by atoms with Crippen molar-refractivity contribution in [2.75, 3.05) is 6.61 Å². The molecule has 0 aliphatic heterocycles. The van der Waals surface area contributed by atoms with Crippen molar-refractivity contribution in [1.82, 2.24) is 0 Å². The molecule has 94 valence electrons. The van der Waals surface area contributed by atoms with Crippen molar-refractivity contribution in [3.05, 3.63) is 41.7 Å². The minimum absolute atomic E-state index is 0.0748. The fourth-order valence-corrected chi connectivity index (χ4v) is 1.75. The Bertz CT molecular complexity index is 622. The summed E-state index contributed by atoms with van der Waals surface area (Å²) in [4.78, 5) is 11.0. The van der Waals surface area contributed by atoms with Crippen molar-refractivity contribution in [3.8, 4) is 5.75 Å². The lowest BCUT2D eigenvalue weighted by atomic mass is 10.1. The molecule has 0 bridgehead atoms. The van der Waals surface area contributed by atoms with Crippen molar-refractivity contribution in [1.29, 1.82) is 0 Å². The van der Waals surface area contributed by atoms with E-state index in [1.54, 1.807) is 25.1 Å². The Labute approximate surface area is 104 Å². The van der Waals surface area contributed by atoms with Gasteiger partial charge in [-0.05, 0) is 37.6 Å². The summed E-state index contributed by atoms with van der Waals surface area (Å²) in [5, 5.41) is 11.5. The van der Waals surface area contributed by atoms with Crippen molar-refractivity contribution in [3.63, 3.8) is 0 Å². The summed E-state index contributed by atoms with van der Waals surface area (Å²) in [5.41, 5.74) is 1.47. The van der Waals surface area contributed by atoms with E-state index in [4.69, 9.17) is 9.15 Å². The average molecular weight is 245 g/mol. The van der Waals surface area contributed by atoms with Crippen molar-refractivity contribution in [2.45, 2.75) is 13.8 Å². The van der Waals surface area contributed by atoms with Gasteiger partial charge in [0.15, 0.2) is 0 Å². The molecule has 0 amide bonds. The van der Waals surface area contributed by atoms with Gasteiger partial charge in [0.05, 0.1) is 5.97 Å². The largest absolute Gasteiger partial charge is 0.545 e. The quantitative estimate of drug-likeness (QED) is 0.773. The van der Waals surface area contributed by atoms with Crippen LogP contribution in [-0.2, 0) is 0 Å². The van der Waals surface area contributed by atoms with E-state index in [9.17, 15) is 9.90 Å². The van der Waals surface area contributed by atoms with Crippen LogP contribution < -0.4 is 9.84 Å². The number of ether oxygens (including phenoxy) is 1. The molecule has 4 heteroatoms. The van der Waals surface area contributed by atoms with Gasteiger partial charge in [-0.25, -0.2) is 0 Å². The van der Waals surface area contributed by atoms with Crippen LogP contribution in [0.25, 0.3) is 11.0 Å². The predicted octanol–water partition coefficient (Wildman–Crippen LogP) is 2.06. The fourth-order valence-electron chi connectivity index (χ4n) is 1.75. The van der Waals surface area contributed by atoms with Gasteiger partial charge in [0.2, 0.25) is 0 Å². The zero-order valence-corrected chi connectivity index (χ0v) is 10.3. The van der Waals surface area contributed by atoms with Crippen LogP contribution >= 0.6 is 0 Å². The molecule has 0 radical (unpaired) electrons. The van der Waals surface area contributed by atoms with Crippen molar-refractivity contribution < 1.29 is 19.1 Å². The molecule has 0 fully saturated rings. The predicted molar refractivity (Wildman–Crippen MR) is 65.6 cm³/mol. The third-order valence-electron chi connectivity index (χ3n) is 2.52. The van der Waals surface area contributed by atoms with E-state index < -0.39 is 5.97 Å². The minimum Gasteiger partial charge on any atom is -0.545 e. The molecular weight excluding hydrogens is 232 g/mol. The number of carbonyl (C=O) groups is 1. The number of carboxylic acids is 1. The number of aromatic carboxylic acids is 1. The van der Waals surface area contributed by atoms with Gasteiger partial charge in [0, 0.05) is 10.9 Å². The molecule has 1 aromatic carbocycles. The number of fused-ring (bicyclic) bond motifs is 1. The summed E-state index contributed by atoms with van der Waals surface area (Å²) in [7, 11) is 0. The highest BCUT2D eigenvalue weighted by atomic mass is 16.5. The maximum Gasteiger partial charge on any atom is 0.135 e. The second-order valence-corrected chi connectivity index (χ2v) is 4.22. The monoisotopic (exact) mass is 245 g/mol. The summed E-state index contributed by atoms with van der Waals surface area (Å²) in [6.45, 7) is 7.58. The average Bonchev–Trinajstić information content (AvgIpc) is 2.61. The molecule has 0 aliphatic carbocycles. The van der Waals surface area contributed by atoms with Gasteiger partial charge in [-0.3, -0.25) is 0 Å². The first kappa shape index (κ1) is 12.2. The first-order chi connectivity index (χ1) is 8.49. The molecule has 2 aromatic rings. The normalized spacial score (nSPS) is 10.6. The van der Waals surface area contributed by atoms with E-state index in [0.717, 1.165) is 5.57 Å². The van der Waals surface area contributed by atoms with E-state index in [0.29, 0.717) is 29.1 Å². The van der Waals surface area contributed by atoms with Gasteiger partial charge in [0.25, 0.3) is 0 Å². The second-order valence-electron chi connectivity index (χ2n) is 4.22. The standard InChI is InChI=1S/C14H14O4/c1-8(2)7-17-10-4-5-12-11(6-10)13(14(15)16)9(3)18-12/h4-6H,1,7H2,2-3H3,(H,15,16)/p-1. The Morgan fingerprint density at radius 1 is 1.50 bits per heavy atom. The van der Waals surface area contributed by atoms with Gasteiger partial charge in [-0.2, -0.15) is 0 Å². The lowest BCUT2D eigenvalue weighted by Crippen LogP contribution is -2.22. The molecule has 2 rings (SSSR count). The Hall–Kier alpha value is -2.23. The number of aryl methyl sites for hydroxylation is 1. The summed E-state index contributed by atoms with van der Waals surface area (Å²) in [5.74, 6) is -0.334. The number of rotatable bonds is 4. The lowest BCUT2D eigenvalue weighted by Gasteiger charge is -2.06. The summed E-state index contributed by atoms with van der Waals surface area (Å²) in [6.07, 6.45) is 0. The van der Waals surface area contributed by atoms with Crippen LogP contribution in [0.4, 0.5) is 0 Å². The highest BCUT2D eigenvalue weighted by Crippen LogP contribution is 2.28. The molecule has 0 saturated heterocycles.